The van der Waals surface area contributed by atoms with E-state index in [2.05, 4.69) is 15.5 Å². The largest absolute Gasteiger partial charge is 0.356 e. The van der Waals surface area contributed by atoms with Gasteiger partial charge in [0.25, 0.3) is 0 Å². The van der Waals surface area contributed by atoms with E-state index in [9.17, 15) is 14.0 Å². The SMILES string of the molecule is O=C(CSc1nnc(NCc2ccc(F)cc2)s1)c1cccc(N2CCCC2=O)c1. The van der Waals surface area contributed by atoms with E-state index < -0.39 is 0 Å². The topological polar surface area (TPSA) is 75.2 Å². The van der Waals surface area contributed by atoms with Crippen molar-refractivity contribution in [3.8, 4) is 0 Å². The summed E-state index contributed by atoms with van der Waals surface area (Å²) in [4.78, 5) is 26.3. The molecule has 1 fully saturated rings. The van der Waals surface area contributed by atoms with E-state index in [0.29, 0.717) is 34.5 Å². The van der Waals surface area contributed by atoms with Gasteiger partial charge in [0.15, 0.2) is 10.1 Å². The molecule has 0 bridgehead atoms. The molecule has 9 heteroatoms. The Morgan fingerprint density at radius 2 is 2.03 bits per heavy atom. The molecule has 30 heavy (non-hydrogen) atoms. The van der Waals surface area contributed by atoms with Crippen LogP contribution in [0.25, 0.3) is 0 Å². The van der Waals surface area contributed by atoms with Gasteiger partial charge in [-0.15, -0.1) is 10.2 Å². The first-order chi connectivity index (χ1) is 14.6. The van der Waals surface area contributed by atoms with Crippen molar-refractivity contribution in [1.82, 2.24) is 10.2 Å². The fraction of sp³-hybridized carbons (Fsp3) is 0.238. The summed E-state index contributed by atoms with van der Waals surface area (Å²) >= 11 is 2.70. The molecule has 0 unspecified atom stereocenters. The second kappa shape index (κ2) is 9.36. The number of anilines is 2. The minimum atomic E-state index is -0.268. The Labute approximate surface area is 181 Å². The van der Waals surface area contributed by atoms with E-state index in [1.807, 2.05) is 6.07 Å². The third kappa shape index (κ3) is 5.03. The molecular formula is C21H19FN4O2S2. The van der Waals surface area contributed by atoms with Crippen molar-refractivity contribution in [3.63, 3.8) is 0 Å². The molecule has 0 spiro atoms. The number of carbonyl (C=O) groups is 2. The van der Waals surface area contributed by atoms with Crippen molar-refractivity contribution in [2.45, 2.75) is 23.7 Å². The molecule has 0 atom stereocenters. The molecule has 1 amide bonds. The van der Waals surface area contributed by atoms with Crippen molar-refractivity contribution >= 4 is 45.6 Å². The number of halogens is 1. The van der Waals surface area contributed by atoms with Gasteiger partial charge in [-0.25, -0.2) is 4.39 Å². The Morgan fingerprint density at radius 3 is 2.80 bits per heavy atom. The van der Waals surface area contributed by atoms with Gasteiger partial charge in [-0.1, -0.05) is 47.4 Å². The van der Waals surface area contributed by atoms with Gasteiger partial charge in [-0.2, -0.15) is 0 Å². The van der Waals surface area contributed by atoms with E-state index in [-0.39, 0.29) is 23.3 Å². The molecule has 1 saturated heterocycles. The quantitative estimate of drug-likeness (QED) is 0.412. The minimum Gasteiger partial charge on any atom is -0.356 e. The number of hydrogen-bond donors (Lipinski definition) is 1. The van der Waals surface area contributed by atoms with Crippen LogP contribution in [0.2, 0.25) is 0 Å². The zero-order chi connectivity index (χ0) is 20.9. The van der Waals surface area contributed by atoms with Crippen LogP contribution < -0.4 is 10.2 Å². The molecule has 6 nitrogen and oxygen atoms in total. The Kier molecular flexibility index (Phi) is 6.39. The number of ketones is 1. The highest BCUT2D eigenvalue weighted by molar-refractivity contribution is 8.01. The fourth-order valence-corrected chi connectivity index (χ4v) is 4.74. The van der Waals surface area contributed by atoms with Crippen LogP contribution in [0.3, 0.4) is 0 Å². The van der Waals surface area contributed by atoms with E-state index in [4.69, 9.17) is 0 Å². The highest BCUT2D eigenvalue weighted by Crippen LogP contribution is 2.27. The molecule has 1 aromatic heterocycles. The Bertz CT molecular complexity index is 1060. The number of thioether (sulfide) groups is 1. The predicted octanol–water partition coefficient (Wildman–Crippen LogP) is 4.39. The summed E-state index contributed by atoms with van der Waals surface area (Å²) in [5, 5.41) is 12.0. The van der Waals surface area contributed by atoms with Gasteiger partial charge in [0.05, 0.1) is 5.75 Å². The maximum Gasteiger partial charge on any atom is 0.227 e. The first-order valence-corrected chi connectivity index (χ1v) is 11.3. The number of benzene rings is 2. The number of nitrogens with one attached hydrogen (secondary N) is 1. The molecule has 154 valence electrons. The van der Waals surface area contributed by atoms with Gasteiger partial charge in [0, 0.05) is 30.8 Å². The average Bonchev–Trinajstić information content (AvgIpc) is 3.40. The highest BCUT2D eigenvalue weighted by atomic mass is 32.2. The maximum absolute atomic E-state index is 13.0. The Morgan fingerprint density at radius 1 is 1.20 bits per heavy atom. The lowest BCUT2D eigenvalue weighted by atomic mass is 10.1. The fourth-order valence-electron chi connectivity index (χ4n) is 3.10. The second-order valence-corrected chi connectivity index (χ2v) is 8.96. The lowest BCUT2D eigenvalue weighted by Crippen LogP contribution is -2.23. The van der Waals surface area contributed by atoms with Gasteiger partial charge in [0.2, 0.25) is 11.0 Å². The van der Waals surface area contributed by atoms with Gasteiger partial charge in [-0.3, -0.25) is 9.59 Å². The van der Waals surface area contributed by atoms with Gasteiger partial charge in [0.1, 0.15) is 5.82 Å². The molecule has 0 aliphatic carbocycles. The maximum atomic E-state index is 13.0. The first-order valence-electron chi connectivity index (χ1n) is 9.47. The average molecular weight is 443 g/mol. The molecule has 2 aromatic carbocycles. The van der Waals surface area contributed by atoms with E-state index in [1.165, 1.54) is 35.2 Å². The third-order valence-electron chi connectivity index (χ3n) is 4.64. The summed E-state index contributed by atoms with van der Waals surface area (Å²) in [7, 11) is 0. The van der Waals surface area contributed by atoms with E-state index in [1.54, 1.807) is 35.2 Å². The monoisotopic (exact) mass is 442 g/mol. The Hall–Kier alpha value is -2.78. The number of amides is 1. The van der Waals surface area contributed by atoms with Crippen molar-refractivity contribution in [2.24, 2.45) is 0 Å². The van der Waals surface area contributed by atoms with Crippen LogP contribution in [0.5, 0.6) is 0 Å². The number of hydrogen-bond acceptors (Lipinski definition) is 7. The summed E-state index contributed by atoms with van der Waals surface area (Å²) in [5.74, 6) is 0.0490. The van der Waals surface area contributed by atoms with Crippen LogP contribution in [-0.2, 0) is 11.3 Å². The second-order valence-electron chi connectivity index (χ2n) is 6.76. The molecule has 1 aliphatic rings. The lowest BCUT2D eigenvalue weighted by Gasteiger charge is -2.16. The lowest BCUT2D eigenvalue weighted by molar-refractivity contribution is -0.117. The predicted molar refractivity (Wildman–Crippen MR) is 117 cm³/mol. The normalized spacial score (nSPS) is 13.6. The van der Waals surface area contributed by atoms with Gasteiger partial charge >= 0.3 is 0 Å². The number of Topliss-reactive ketones (excluding diaryl/α,β-unsaturated/α-hetero) is 1. The molecule has 2 heterocycles. The van der Waals surface area contributed by atoms with Crippen LogP contribution in [0.15, 0.2) is 52.9 Å². The molecule has 1 N–H and O–H groups in total. The summed E-state index contributed by atoms with van der Waals surface area (Å²) in [6, 6.07) is 13.5. The minimum absolute atomic E-state index is 0.0236. The molecular weight excluding hydrogens is 423 g/mol. The van der Waals surface area contributed by atoms with Crippen molar-refractivity contribution in [1.29, 1.82) is 0 Å². The molecule has 0 radical (unpaired) electrons. The Balaban J connectivity index is 1.31. The van der Waals surface area contributed by atoms with Gasteiger partial charge in [-0.05, 0) is 36.2 Å². The summed E-state index contributed by atoms with van der Waals surface area (Å²) in [6.07, 6.45) is 1.41. The van der Waals surface area contributed by atoms with E-state index in [0.717, 1.165) is 17.7 Å². The summed E-state index contributed by atoms with van der Waals surface area (Å²) in [6.45, 7) is 1.21. The van der Waals surface area contributed by atoms with Crippen LogP contribution >= 0.6 is 23.1 Å². The van der Waals surface area contributed by atoms with Crippen molar-refractivity contribution < 1.29 is 14.0 Å². The standard InChI is InChI=1S/C21H19FN4O2S2/c22-16-8-6-14(7-9-16)12-23-20-24-25-21(30-20)29-13-18(27)15-3-1-4-17(11-15)26-10-2-5-19(26)28/h1,3-4,6-9,11H,2,5,10,12-13H2,(H,23,24). The number of carbonyl (C=O) groups excluding carboxylic acids is 2. The van der Waals surface area contributed by atoms with E-state index >= 15 is 0 Å². The zero-order valence-electron chi connectivity index (χ0n) is 16.0. The van der Waals surface area contributed by atoms with Crippen LogP contribution in [0.4, 0.5) is 15.2 Å². The molecule has 4 rings (SSSR count). The van der Waals surface area contributed by atoms with Crippen molar-refractivity contribution in [2.75, 3.05) is 22.5 Å². The van der Waals surface area contributed by atoms with Crippen LogP contribution in [-0.4, -0.2) is 34.2 Å². The molecule has 1 aliphatic heterocycles. The zero-order valence-corrected chi connectivity index (χ0v) is 17.6. The number of rotatable bonds is 8. The highest BCUT2D eigenvalue weighted by Gasteiger charge is 2.22. The van der Waals surface area contributed by atoms with Crippen molar-refractivity contribution in [3.05, 3.63) is 65.5 Å². The van der Waals surface area contributed by atoms with Crippen LogP contribution in [0.1, 0.15) is 28.8 Å². The first kappa shape index (κ1) is 20.5. The smallest absolute Gasteiger partial charge is 0.227 e. The van der Waals surface area contributed by atoms with Crippen LogP contribution in [0, 0.1) is 5.82 Å². The summed E-state index contributed by atoms with van der Waals surface area (Å²) in [5.41, 5.74) is 2.29. The van der Waals surface area contributed by atoms with Gasteiger partial charge < -0.3 is 10.2 Å². The summed E-state index contributed by atoms with van der Waals surface area (Å²) < 4.78 is 13.6. The third-order valence-corrected chi connectivity index (χ3v) is 6.66. The number of aromatic nitrogens is 2. The molecule has 3 aromatic rings. The molecule has 0 saturated carbocycles. The number of nitrogens with zero attached hydrogens (tertiary/aromatic N) is 3.